The van der Waals surface area contributed by atoms with Crippen LogP contribution in [0.5, 0.6) is 0 Å². The number of rotatable bonds is 4. The van der Waals surface area contributed by atoms with E-state index in [1.165, 1.54) is 0 Å². The zero-order chi connectivity index (χ0) is 14.7. The summed E-state index contributed by atoms with van der Waals surface area (Å²) in [5, 5.41) is 8.85. The molecule has 0 bridgehead atoms. The van der Waals surface area contributed by atoms with Crippen LogP contribution in [0.3, 0.4) is 0 Å². The van der Waals surface area contributed by atoms with Gasteiger partial charge in [0.1, 0.15) is 0 Å². The minimum absolute atomic E-state index is 0.518. The molecule has 7 heteroatoms. The minimum Gasteiger partial charge on any atom is -0.408 e. The van der Waals surface area contributed by atoms with Gasteiger partial charge in [0, 0.05) is 49.9 Å². The van der Waals surface area contributed by atoms with Crippen LogP contribution in [0.15, 0.2) is 28.7 Å². The van der Waals surface area contributed by atoms with Crippen LogP contribution >= 0.6 is 11.6 Å². The molecular weight excluding hydrogens is 290 g/mol. The number of anilines is 2. The molecule has 21 heavy (non-hydrogen) atoms. The molecule has 2 heterocycles. The summed E-state index contributed by atoms with van der Waals surface area (Å²) in [6.45, 7) is 4.00. The van der Waals surface area contributed by atoms with Gasteiger partial charge in [-0.25, -0.2) is 0 Å². The van der Waals surface area contributed by atoms with Gasteiger partial charge in [0.2, 0.25) is 5.89 Å². The molecule has 0 saturated carbocycles. The van der Waals surface area contributed by atoms with Crippen molar-refractivity contribution in [1.82, 2.24) is 10.2 Å². The first-order valence-electron chi connectivity index (χ1n) is 7.04. The summed E-state index contributed by atoms with van der Waals surface area (Å²) in [6, 6.07) is 8.51. The maximum Gasteiger partial charge on any atom is 0.318 e. The fourth-order valence-corrected chi connectivity index (χ4v) is 2.61. The van der Waals surface area contributed by atoms with Crippen LogP contribution in [0, 0.1) is 0 Å². The molecule has 0 amide bonds. The Hall–Kier alpha value is -1.79. The van der Waals surface area contributed by atoms with E-state index >= 15 is 0 Å². The van der Waals surface area contributed by atoms with Crippen molar-refractivity contribution in [3.63, 3.8) is 0 Å². The quantitative estimate of drug-likeness (QED) is 0.924. The van der Waals surface area contributed by atoms with E-state index < -0.39 is 0 Å². The monoisotopic (exact) mass is 307 g/mol. The summed E-state index contributed by atoms with van der Waals surface area (Å²) in [5.74, 6) is 0.602. The van der Waals surface area contributed by atoms with Gasteiger partial charge in [-0.15, -0.1) is 5.10 Å². The number of halogens is 1. The van der Waals surface area contributed by atoms with Crippen LogP contribution in [-0.2, 0) is 6.42 Å². The molecule has 0 aliphatic carbocycles. The van der Waals surface area contributed by atoms with Gasteiger partial charge < -0.3 is 20.0 Å². The van der Waals surface area contributed by atoms with Crippen molar-refractivity contribution in [3.05, 3.63) is 35.2 Å². The van der Waals surface area contributed by atoms with E-state index in [4.69, 9.17) is 21.8 Å². The summed E-state index contributed by atoms with van der Waals surface area (Å²) < 4.78 is 5.61. The minimum atomic E-state index is 0.518. The van der Waals surface area contributed by atoms with Crippen molar-refractivity contribution >= 4 is 23.3 Å². The lowest BCUT2D eigenvalue weighted by atomic mass is 10.2. The highest BCUT2D eigenvalue weighted by molar-refractivity contribution is 6.30. The fraction of sp³-hybridized carbons (Fsp3) is 0.429. The molecule has 0 spiro atoms. The Morgan fingerprint density at radius 2 is 1.90 bits per heavy atom. The third-order valence-electron chi connectivity index (χ3n) is 3.54. The van der Waals surface area contributed by atoms with E-state index in [0.717, 1.165) is 36.9 Å². The predicted octanol–water partition coefficient (Wildman–Crippen LogP) is 1.55. The second-order valence-corrected chi connectivity index (χ2v) is 5.41. The Balaban J connectivity index is 1.61. The highest BCUT2D eigenvalue weighted by Crippen LogP contribution is 2.22. The van der Waals surface area contributed by atoms with Gasteiger partial charge in [0.25, 0.3) is 0 Å². The molecule has 0 unspecified atom stereocenters. The van der Waals surface area contributed by atoms with E-state index in [-0.39, 0.29) is 0 Å². The van der Waals surface area contributed by atoms with Crippen LogP contribution < -0.4 is 15.5 Å². The number of hydrogen-bond donors (Lipinski definition) is 1. The number of aromatic nitrogens is 2. The standard InChI is InChI=1S/C14H18ClN5O/c15-11-2-1-3-12(10-11)19-6-8-20(9-7-19)14-18-17-13(21-14)4-5-16/h1-3,10H,4-9,16H2. The molecular formula is C14H18ClN5O. The van der Waals surface area contributed by atoms with Crippen LogP contribution in [0.2, 0.25) is 5.02 Å². The average molecular weight is 308 g/mol. The maximum atomic E-state index is 6.04. The third-order valence-corrected chi connectivity index (χ3v) is 3.77. The summed E-state index contributed by atoms with van der Waals surface area (Å²) in [5.41, 5.74) is 6.63. The number of nitrogens with zero attached hydrogens (tertiary/aromatic N) is 4. The predicted molar refractivity (Wildman–Crippen MR) is 82.9 cm³/mol. The molecule has 0 radical (unpaired) electrons. The SMILES string of the molecule is NCCc1nnc(N2CCN(c3cccc(Cl)c3)CC2)o1. The summed E-state index contributed by atoms with van der Waals surface area (Å²) in [4.78, 5) is 4.41. The first-order chi connectivity index (χ1) is 10.3. The maximum absolute atomic E-state index is 6.04. The Morgan fingerprint density at radius 1 is 1.14 bits per heavy atom. The molecule has 1 aromatic carbocycles. The second-order valence-electron chi connectivity index (χ2n) is 4.97. The van der Waals surface area contributed by atoms with Crippen molar-refractivity contribution in [3.8, 4) is 0 Å². The first kappa shape index (κ1) is 14.2. The second kappa shape index (κ2) is 6.32. The fourth-order valence-electron chi connectivity index (χ4n) is 2.43. The van der Waals surface area contributed by atoms with E-state index in [1.807, 2.05) is 18.2 Å². The molecule has 1 aliphatic heterocycles. The van der Waals surface area contributed by atoms with Gasteiger partial charge in [0.15, 0.2) is 0 Å². The van der Waals surface area contributed by atoms with Crippen LogP contribution in [-0.4, -0.2) is 42.9 Å². The Bertz CT molecular complexity index is 595. The number of piperazine rings is 1. The Labute approximate surface area is 128 Å². The number of benzene rings is 1. The zero-order valence-corrected chi connectivity index (χ0v) is 12.5. The van der Waals surface area contributed by atoms with E-state index in [2.05, 4.69) is 26.1 Å². The largest absolute Gasteiger partial charge is 0.408 e. The summed E-state index contributed by atoms with van der Waals surface area (Å²) in [7, 11) is 0. The molecule has 2 N–H and O–H groups in total. The van der Waals surface area contributed by atoms with E-state index in [1.54, 1.807) is 0 Å². The highest BCUT2D eigenvalue weighted by atomic mass is 35.5. The lowest BCUT2D eigenvalue weighted by molar-refractivity contribution is 0.475. The topological polar surface area (TPSA) is 71.4 Å². The van der Waals surface area contributed by atoms with Crippen molar-refractivity contribution < 1.29 is 4.42 Å². The molecule has 2 aromatic rings. The van der Waals surface area contributed by atoms with Crippen molar-refractivity contribution in [1.29, 1.82) is 0 Å². The Kier molecular flexibility index (Phi) is 4.26. The van der Waals surface area contributed by atoms with Crippen molar-refractivity contribution in [2.75, 3.05) is 42.5 Å². The summed E-state index contributed by atoms with van der Waals surface area (Å²) in [6.07, 6.45) is 0.621. The Morgan fingerprint density at radius 3 is 2.62 bits per heavy atom. The molecule has 6 nitrogen and oxygen atoms in total. The molecule has 3 rings (SSSR count). The lowest BCUT2D eigenvalue weighted by Gasteiger charge is -2.35. The molecule has 112 valence electrons. The number of nitrogens with two attached hydrogens (primary N) is 1. The first-order valence-corrected chi connectivity index (χ1v) is 7.42. The summed E-state index contributed by atoms with van der Waals surface area (Å²) >= 11 is 6.04. The van der Waals surface area contributed by atoms with E-state index in [9.17, 15) is 0 Å². The normalized spacial score (nSPS) is 15.5. The van der Waals surface area contributed by atoms with Gasteiger partial charge in [0.05, 0.1) is 0 Å². The lowest BCUT2D eigenvalue weighted by Crippen LogP contribution is -2.46. The van der Waals surface area contributed by atoms with Crippen LogP contribution in [0.4, 0.5) is 11.7 Å². The van der Waals surface area contributed by atoms with E-state index in [0.29, 0.717) is 24.9 Å². The van der Waals surface area contributed by atoms with Crippen molar-refractivity contribution in [2.24, 2.45) is 5.73 Å². The van der Waals surface area contributed by atoms with Gasteiger partial charge in [-0.3, -0.25) is 0 Å². The highest BCUT2D eigenvalue weighted by Gasteiger charge is 2.21. The average Bonchev–Trinajstić information content (AvgIpc) is 2.97. The molecule has 1 saturated heterocycles. The van der Waals surface area contributed by atoms with Gasteiger partial charge in [-0.05, 0) is 18.2 Å². The molecule has 1 aromatic heterocycles. The third kappa shape index (κ3) is 3.28. The number of hydrogen-bond acceptors (Lipinski definition) is 6. The van der Waals surface area contributed by atoms with Gasteiger partial charge in [-0.2, -0.15) is 0 Å². The zero-order valence-electron chi connectivity index (χ0n) is 11.7. The van der Waals surface area contributed by atoms with Crippen LogP contribution in [0.25, 0.3) is 0 Å². The van der Waals surface area contributed by atoms with Gasteiger partial charge >= 0.3 is 6.01 Å². The molecule has 1 aliphatic rings. The smallest absolute Gasteiger partial charge is 0.318 e. The van der Waals surface area contributed by atoms with Crippen LogP contribution in [0.1, 0.15) is 5.89 Å². The van der Waals surface area contributed by atoms with Gasteiger partial charge in [-0.1, -0.05) is 22.8 Å². The molecule has 1 fully saturated rings. The molecule has 0 atom stereocenters. The van der Waals surface area contributed by atoms with Crippen molar-refractivity contribution in [2.45, 2.75) is 6.42 Å².